The molecule has 0 amide bonds. The molecule has 1 saturated heterocycles. The van der Waals surface area contributed by atoms with Crippen molar-refractivity contribution in [3.8, 4) is 0 Å². The first-order valence-electron chi connectivity index (χ1n) is 7.38. The van der Waals surface area contributed by atoms with Crippen molar-refractivity contribution < 1.29 is 9.53 Å². The van der Waals surface area contributed by atoms with Crippen molar-refractivity contribution in [3.05, 3.63) is 0 Å². The van der Waals surface area contributed by atoms with E-state index in [9.17, 15) is 4.79 Å². The van der Waals surface area contributed by atoms with E-state index in [0.717, 1.165) is 51.7 Å². The minimum atomic E-state index is -0.0598. The van der Waals surface area contributed by atoms with Crippen molar-refractivity contribution in [1.29, 1.82) is 0 Å². The van der Waals surface area contributed by atoms with Crippen LogP contribution in [0.25, 0.3) is 0 Å². The van der Waals surface area contributed by atoms with Crippen LogP contribution < -0.4 is 5.32 Å². The zero-order valence-corrected chi connectivity index (χ0v) is 11.9. The molecular weight excluding hydrogens is 228 g/mol. The van der Waals surface area contributed by atoms with Gasteiger partial charge in [-0.15, -0.1) is 0 Å². The molecule has 0 aromatic heterocycles. The van der Waals surface area contributed by atoms with Gasteiger partial charge in [0.1, 0.15) is 0 Å². The van der Waals surface area contributed by atoms with E-state index in [4.69, 9.17) is 4.74 Å². The minimum absolute atomic E-state index is 0.0598. The summed E-state index contributed by atoms with van der Waals surface area (Å²) in [6, 6.07) is 0.546. The summed E-state index contributed by atoms with van der Waals surface area (Å²) in [5.74, 6) is -0.0598. The van der Waals surface area contributed by atoms with E-state index < -0.39 is 0 Å². The standard InChI is InChI=1S/C14H28N2O2/c1-3-5-11-18-14(17)12-16(10-4-2)13-6-8-15-9-7-13/h13,15H,3-12H2,1-2H3. The molecule has 4 heteroatoms. The molecular formula is C14H28N2O2. The van der Waals surface area contributed by atoms with Gasteiger partial charge in [-0.25, -0.2) is 0 Å². The highest BCUT2D eigenvalue weighted by molar-refractivity contribution is 5.71. The smallest absolute Gasteiger partial charge is 0.320 e. The molecule has 18 heavy (non-hydrogen) atoms. The van der Waals surface area contributed by atoms with Gasteiger partial charge in [-0.1, -0.05) is 20.3 Å². The molecule has 1 heterocycles. The Morgan fingerprint density at radius 3 is 2.61 bits per heavy atom. The summed E-state index contributed by atoms with van der Waals surface area (Å²) < 4.78 is 5.25. The molecule has 1 aliphatic rings. The molecule has 0 saturated carbocycles. The van der Waals surface area contributed by atoms with Crippen LogP contribution in [0, 0.1) is 0 Å². The molecule has 0 aromatic carbocycles. The molecule has 0 radical (unpaired) electrons. The Morgan fingerprint density at radius 2 is 2.00 bits per heavy atom. The van der Waals surface area contributed by atoms with Gasteiger partial charge >= 0.3 is 5.97 Å². The summed E-state index contributed by atoms with van der Waals surface area (Å²) in [7, 11) is 0. The number of piperidine rings is 1. The van der Waals surface area contributed by atoms with Crippen molar-refractivity contribution in [2.24, 2.45) is 0 Å². The lowest BCUT2D eigenvalue weighted by Crippen LogP contribution is -2.45. The Balaban J connectivity index is 2.33. The number of nitrogens with one attached hydrogen (secondary N) is 1. The van der Waals surface area contributed by atoms with Crippen molar-refractivity contribution in [3.63, 3.8) is 0 Å². The van der Waals surface area contributed by atoms with E-state index in [-0.39, 0.29) is 5.97 Å². The second-order valence-corrected chi connectivity index (χ2v) is 5.03. The fourth-order valence-corrected chi connectivity index (χ4v) is 2.39. The second kappa shape index (κ2) is 9.34. The highest BCUT2D eigenvalue weighted by Gasteiger charge is 2.22. The zero-order chi connectivity index (χ0) is 13.2. The zero-order valence-electron chi connectivity index (χ0n) is 11.9. The summed E-state index contributed by atoms with van der Waals surface area (Å²) in [5, 5.41) is 3.36. The van der Waals surface area contributed by atoms with E-state index in [2.05, 4.69) is 24.1 Å². The lowest BCUT2D eigenvalue weighted by Gasteiger charge is -2.33. The van der Waals surface area contributed by atoms with Gasteiger partial charge < -0.3 is 10.1 Å². The third-order valence-corrected chi connectivity index (χ3v) is 3.43. The lowest BCUT2D eigenvalue weighted by atomic mass is 10.0. The van der Waals surface area contributed by atoms with Crippen LogP contribution in [0.15, 0.2) is 0 Å². The Bertz CT molecular complexity index is 228. The van der Waals surface area contributed by atoms with Gasteiger partial charge in [0.15, 0.2) is 0 Å². The number of esters is 1. The number of nitrogens with zero attached hydrogens (tertiary/aromatic N) is 1. The van der Waals surface area contributed by atoms with Crippen LogP contribution >= 0.6 is 0 Å². The number of ether oxygens (including phenoxy) is 1. The molecule has 1 fully saturated rings. The maximum Gasteiger partial charge on any atom is 0.320 e. The third kappa shape index (κ3) is 5.83. The van der Waals surface area contributed by atoms with Crippen LogP contribution in [-0.4, -0.2) is 49.7 Å². The van der Waals surface area contributed by atoms with Crippen molar-refractivity contribution >= 4 is 5.97 Å². The van der Waals surface area contributed by atoms with Crippen LogP contribution in [0.2, 0.25) is 0 Å². The van der Waals surface area contributed by atoms with E-state index in [0.29, 0.717) is 19.2 Å². The average Bonchev–Trinajstić information content (AvgIpc) is 2.39. The first kappa shape index (κ1) is 15.4. The Kier molecular flexibility index (Phi) is 8.01. The van der Waals surface area contributed by atoms with Crippen LogP contribution in [0.4, 0.5) is 0 Å². The van der Waals surface area contributed by atoms with Crippen LogP contribution in [-0.2, 0) is 9.53 Å². The number of carbonyl (C=O) groups is 1. The maximum absolute atomic E-state index is 11.8. The van der Waals surface area contributed by atoms with E-state index in [1.54, 1.807) is 0 Å². The average molecular weight is 256 g/mol. The number of unbranched alkanes of at least 4 members (excludes halogenated alkanes) is 1. The summed E-state index contributed by atoms with van der Waals surface area (Å²) in [6.07, 6.45) is 5.41. The molecule has 4 nitrogen and oxygen atoms in total. The number of carbonyl (C=O) groups excluding carboxylic acids is 1. The molecule has 0 aliphatic carbocycles. The minimum Gasteiger partial charge on any atom is -0.465 e. The highest BCUT2D eigenvalue weighted by atomic mass is 16.5. The molecule has 106 valence electrons. The molecule has 0 spiro atoms. The van der Waals surface area contributed by atoms with Crippen LogP contribution in [0.3, 0.4) is 0 Å². The van der Waals surface area contributed by atoms with E-state index >= 15 is 0 Å². The molecule has 1 N–H and O–H groups in total. The normalized spacial score (nSPS) is 17.1. The van der Waals surface area contributed by atoms with Crippen LogP contribution in [0.5, 0.6) is 0 Å². The molecule has 0 bridgehead atoms. The predicted molar refractivity (Wildman–Crippen MR) is 73.6 cm³/mol. The maximum atomic E-state index is 11.8. The SMILES string of the molecule is CCCCOC(=O)CN(CCC)C1CCNCC1. The summed E-state index contributed by atoms with van der Waals surface area (Å²) >= 11 is 0. The number of hydrogen-bond acceptors (Lipinski definition) is 4. The van der Waals surface area contributed by atoms with Gasteiger partial charge in [0, 0.05) is 6.04 Å². The Morgan fingerprint density at radius 1 is 1.28 bits per heavy atom. The molecule has 1 rings (SSSR count). The monoisotopic (exact) mass is 256 g/mol. The fourth-order valence-electron chi connectivity index (χ4n) is 2.39. The Labute approximate surface area is 111 Å². The third-order valence-electron chi connectivity index (χ3n) is 3.43. The topological polar surface area (TPSA) is 41.6 Å². The summed E-state index contributed by atoms with van der Waals surface area (Å²) in [5.41, 5.74) is 0. The lowest BCUT2D eigenvalue weighted by molar-refractivity contribution is -0.145. The highest BCUT2D eigenvalue weighted by Crippen LogP contribution is 2.12. The fraction of sp³-hybridized carbons (Fsp3) is 0.929. The van der Waals surface area contributed by atoms with Gasteiger partial charge in [-0.05, 0) is 45.3 Å². The van der Waals surface area contributed by atoms with E-state index in [1.165, 1.54) is 0 Å². The first-order chi connectivity index (χ1) is 8.77. The number of rotatable bonds is 8. The first-order valence-corrected chi connectivity index (χ1v) is 7.38. The van der Waals surface area contributed by atoms with Gasteiger partial charge in [0.25, 0.3) is 0 Å². The van der Waals surface area contributed by atoms with Crippen molar-refractivity contribution in [2.75, 3.05) is 32.8 Å². The molecule has 0 aromatic rings. The van der Waals surface area contributed by atoms with Gasteiger partial charge in [-0.3, -0.25) is 9.69 Å². The molecule has 1 aliphatic heterocycles. The van der Waals surface area contributed by atoms with Gasteiger partial charge in [0.05, 0.1) is 13.2 Å². The van der Waals surface area contributed by atoms with Gasteiger partial charge in [-0.2, -0.15) is 0 Å². The summed E-state index contributed by atoms with van der Waals surface area (Å²) in [6.45, 7) is 8.42. The van der Waals surface area contributed by atoms with Crippen molar-refractivity contribution in [1.82, 2.24) is 10.2 Å². The number of hydrogen-bond donors (Lipinski definition) is 1. The van der Waals surface area contributed by atoms with Crippen molar-refractivity contribution in [2.45, 2.75) is 52.0 Å². The van der Waals surface area contributed by atoms with Gasteiger partial charge in [0.2, 0.25) is 0 Å². The largest absolute Gasteiger partial charge is 0.465 e. The second-order valence-electron chi connectivity index (χ2n) is 5.03. The van der Waals surface area contributed by atoms with E-state index in [1.807, 2.05) is 0 Å². The molecule has 0 atom stereocenters. The Hall–Kier alpha value is -0.610. The summed E-state index contributed by atoms with van der Waals surface area (Å²) in [4.78, 5) is 14.1. The predicted octanol–water partition coefficient (Wildman–Crippen LogP) is 1.79. The quantitative estimate of drug-likeness (QED) is 0.531. The van der Waals surface area contributed by atoms with Crippen LogP contribution in [0.1, 0.15) is 46.0 Å². The molecule has 0 unspecified atom stereocenters.